The van der Waals surface area contributed by atoms with Crippen LogP contribution >= 0.6 is 0 Å². The summed E-state index contributed by atoms with van der Waals surface area (Å²) < 4.78 is 5.37. The second-order valence-electron chi connectivity index (χ2n) is 6.83. The summed E-state index contributed by atoms with van der Waals surface area (Å²) in [6.07, 6.45) is 3.11. The number of amides is 1. The van der Waals surface area contributed by atoms with Crippen molar-refractivity contribution in [3.05, 3.63) is 29.5 Å². The third-order valence-electron chi connectivity index (χ3n) is 4.92. The van der Waals surface area contributed by atoms with Gasteiger partial charge in [0.15, 0.2) is 0 Å². The lowest BCUT2D eigenvalue weighted by atomic mass is 10.00. The molecule has 1 aromatic heterocycles. The van der Waals surface area contributed by atoms with E-state index in [0.717, 1.165) is 37.1 Å². The van der Waals surface area contributed by atoms with Crippen LogP contribution in [0.4, 0.5) is 0 Å². The molecule has 4 heteroatoms. The SMILES string of the molecule is COc1ccc2[nH]c(C)c(CC3CCCN3C(=O)C(C)C)c2c1. The fourth-order valence-electron chi connectivity index (χ4n) is 3.66. The number of aromatic amines is 1. The van der Waals surface area contributed by atoms with E-state index in [1.165, 1.54) is 16.6 Å². The van der Waals surface area contributed by atoms with Crippen molar-refractivity contribution in [3.63, 3.8) is 0 Å². The molecule has 1 atom stereocenters. The van der Waals surface area contributed by atoms with Gasteiger partial charge in [0.1, 0.15) is 5.75 Å². The maximum atomic E-state index is 12.4. The van der Waals surface area contributed by atoms with Crippen LogP contribution in [0.1, 0.15) is 37.9 Å². The van der Waals surface area contributed by atoms with Crippen molar-refractivity contribution in [2.75, 3.05) is 13.7 Å². The predicted molar refractivity (Wildman–Crippen MR) is 92.9 cm³/mol. The molecule has 0 radical (unpaired) electrons. The summed E-state index contributed by atoms with van der Waals surface area (Å²) in [5.41, 5.74) is 3.64. The summed E-state index contributed by atoms with van der Waals surface area (Å²) in [5.74, 6) is 1.22. The van der Waals surface area contributed by atoms with Gasteiger partial charge in [-0.1, -0.05) is 13.8 Å². The van der Waals surface area contributed by atoms with Crippen LogP contribution in [-0.4, -0.2) is 35.5 Å². The normalized spacial score (nSPS) is 18.1. The molecule has 1 unspecified atom stereocenters. The van der Waals surface area contributed by atoms with Crippen molar-refractivity contribution in [1.82, 2.24) is 9.88 Å². The van der Waals surface area contributed by atoms with E-state index < -0.39 is 0 Å². The summed E-state index contributed by atoms with van der Waals surface area (Å²) in [6.45, 7) is 6.98. The number of nitrogens with zero attached hydrogens (tertiary/aromatic N) is 1. The molecular weight excluding hydrogens is 288 g/mol. The number of carbonyl (C=O) groups excluding carboxylic acids is 1. The quantitative estimate of drug-likeness (QED) is 0.936. The minimum atomic E-state index is 0.0692. The lowest BCUT2D eigenvalue weighted by molar-refractivity contribution is -0.135. The average Bonchev–Trinajstić information content (AvgIpc) is 3.11. The van der Waals surface area contributed by atoms with Crippen LogP contribution in [0.5, 0.6) is 5.75 Å². The molecule has 124 valence electrons. The smallest absolute Gasteiger partial charge is 0.225 e. The topological polar surface area (TPSA) is 45.3 Å². The van der Waals surface area contributed by atoms with E-state index in [-0.39, 0.29) is 11.8 Å². The van der Waals surface area contributed by atoms with Crippen LogP contribution in [-0.2, 0) is 11.2 Å². The second-order valence-corrected chi connectivity index (χ2v) is 6.83. The molecule has 1 N–H and O–H groups in total. The molecule has 1 saturated heterocycles. The Morgan fingerprint density at radius 3 is 2.91 bits per heavy atom. The van der Waals surface area contributed by atoms with Gasteiger partial charge in [0.2, 0.25) is 5.91 Å². The van der Waals surface area contributed by atoms with Crippen molar-refractivity contribution >= 4 is 16.8 Å². The van der Waals surface area contributed by atoms with E-state index in [2.05, 4.69) is 28.9 Å². The molecule has 1 aliphatic rings. The second kappa shape index (κ2) is 6.26. The number of methoxy groups -OCH3 is 1. The fourth-order valence-corrected chi connectivity index (χ4v) is 3.66. The molecule has 1 aliphatic heterocycles. The molecule has 2 aromatic rings. The number of aromatic nitrogens is 1. The van der Waals surface area contributed by atoms with Gasteiger partial charge < -0.3 is 14.6 Å². The number of hydrogen-bond donors (Lipinski definition) is 1. The Bertz CT molecular complexity index is 717. The van der Waals surface area contributed by atoms with E-state index in [9.17, 15) is 4.79 Å². The van der Waals surface area contributed by atoms with Gasteiger partial charge in [0.05, 0.1) is 7.11 Å². The first-order valence-electron chi connectivity index (χ1n) is 8.47. The number of H-pyrrole nitrogens is 1. The average molecular weight is 314 g/mol. The van der Waals surface area contributed by atoms with Gasteiger partial charge in [-0.25, -0.2) is 0 Å². The van der Waals surface area contributed by atoms with E-state index >= 15 is 0 Å². The zero-order valence-corrected chi connectivity index (χ0v) is 14.5. The molecule has 3 rings (SSSR count). The summed E-state index contributed by atoms with van der Waals surface area (Å²) in [7, 11) is 1.69. The number of likely N-dealkylation sites (tertiary alicyclic amines) is 1. The van der Waals surface area contributed by atoms with Gasteiger partial charge in [0, 0.05) is 35.1 Å². The fraction of sp³-hybridized carbons (Fsp3) is 0.526. The van der Waals surface area contributed by atoms with Gasteiger partial charge in [-0.2, -0.15) is 0 Å². The Labute approximate surface area is 137 Å². The third kappa shape index (κ3) is 2.94. The van der Waals surface area contributed by atoms with Crippen molar-refractivity contribution < 1.29 is 9.53 Å². The maximum absolute atomic E-state index is 12.4. The van der Waals surface area contributed by atoms with Gasteiger partial charge in [-0.3, -0.25) is 4.79 Å². The summed E-state index contributed by atoms with van der Waals surface area (Å²) in [6, 6.07) is 6.45. The molecule has 23 heavy (non-hydrogen) atoms. The Hall–Kier alpha value is -1.97. The molecule has 1 amide bonds. The highest BCUT2D eigenvalue weighted by molar-refractivity contribution is 5.86. The van der Waals surface area contributed by atoms with Crippen molar-refractivity contribution in [3.8, 4) is 5.75 Å². The first kappa shape index (κ1) is 15.9. The molecule has 0 aliphatic carbocycles. The number of carbonyl (C=O) groups is 1. The Morgan fingerprint density at radius 1 is 1.43 bits per heavy atom. The highest BCUT2D eigenvalue weighted by Gasteiger charge is 2.31. The van der Waals surface area contributed by atoms with Gasteiger partial charge in [0.25, 0.3) is 0 Å². The van der Waals surface area contributed by atoms with Crippen LogP contribution in [0.2, 0.25) is 0 Å². The number of ether oxygens (including phenoxy) is 1. The number of hydrogen-bond acceptors (Lipinski definition) is 2. The van der Waals surface area contributed by atoms with Crippen LogP contribution in [0.3, 0.4) is 0 Å². The standard InChI is InChI=1S/C19H26N2O2/c1-12(2)19(22)21-9-5-6-14(21)10-16-13(3)20-18-8-7-15(23-4)11-17(16)18/h7-8,11-12,14,20H,5-6,9-10H2,1-4H3. The largest absolute Gasteiger partial charge is 0.497 e. The molecule has 0 spiro atoms. The van der Waals surface area contributed by atoms with Crippen LogP contribution in [0, 0.1) is 12.8 Å². The van der Waals surface area contributed by atoms with Gasteiger partial charge in [-0.15, -0.1) is 0 Å². The highest BCUT2D eigenvalue weighted by Crippen LogP contribution is 2.30. The lowest BCUT2D eigenvalue weighted by Crippen LogP contribution is -2.39. The zero-order valence-electron chi connectivity index (χ0n) is 14.5. The third-order valence-corrected chi connectivity index (χ3v) is 4.92. The maximum Gasteiger partial charge on any atom is 0.225 e. The first-order valence-corrected chi connectivity index (χ1v) is 8.47. The van der Waals surface area contributed by atoms with Gasteiger partial charge >= 0.3 is 0 Å². The van der Waals surface area contributed by atoms with Gasteiger partial charge in [-0.05, 0) is 49.9 Å². The van der Waals surface area contributed by atoms with E-state index in [1.807, 2.05) is 19.9 Å². The molecule has 0 bridgehead atoms. The number of benzene rings is 1. The first-order chi connectivity index (χ1) is 11.0. The Morgan fingerprint density at radius 2 is 2.22 bits per heavy atom. The molecule has 1 aromatic carbocycles. The number of rotatable bonds is 4. The van der Waals surface area contributed by atoms with E-state index in [0.29, 0.717) is 6.04 Å². The summed E-state index contributed by atoms with van der Waals surface area (Å²) in [5, 5.41) is 1.21. The summed E-state index contributed by atoms with van der Waals surface area (Å²) in [4.78, 5) is 18.0. The van der Waals surface area contributed by atoms with Crippen LogP contribution in [0.25, 0.3) is 10.9 Å². The molecular formula is C19H26N2O2. The molecule has 4 nitrogen and oxygen atoms in total. The monoisotopic (exact) mass is 314 g/mol. The predicted octanol–water partition coefficient (Wildman–Crippen LogP) is 3.67. The Balaban J connectivity index is 1.91. The zero-order chi connectivity index (χ0) is 16.6. The lowest BCUT2D eigenvalue weighted by Gasteiger charge is -2.26. The van der Waals surface area contributed by atoms with Crippen molar-refractivity contribution in [2.45, 2.75) is 46.1 Å². The van der Waals surface area contributed by atoms with Crippen LogP contribution in [0.15, 0.2) is 18.2 Å². The van der Waals surface area contributed by atoms with E-state index in [4.69, 9.17) is 4.74 Å². The highest BCUT2D eigenvalue weighted by atomic mass is 16.5. The van der Waals surface area contributed by atoms with Crippen molar-refractivity contribution in [1.29, 1.82) is 0 Å². The molecule has 2 heterocycles. The summed E-state index contributed by atoms with van der Waals surface area (Å²) >= 11 is 0. The number of nitrogens with one attached hydrogen (secondary N) is 1. The Kier molecular flexibility index (Phi) is 4.33. The van der Waals surface area contributed by atoms with Crippen LogP contribution < -0.4 is 4.74 Å². The number of fused-ring (bicyclic) bond motifs is 1. The number of aryl methyl sites for hydroxylation is 1. The van der Waals surface area contributed by atoms with Crippen molar-refractivity contribution in [2.24, 2.45) is 5.92 Å². The molecule has 1 fully saturated rings. The minimum absolute atomic E-state index is 0.0692. The molecule has 0 saturated carbocycles. The van der Waals surface area contributed by atoms with E-state index in [1.54, 1.807) is 7.11 Å². The minimum Gasteiger partial charge on any atom is -0.497 e.